The van der Waals surface area contributed by atoms with Crippen LogP contribution in [0.25, 0.3) is 0 Å². The third kappa shape index (κ3) is 29.3. The molecule has 44 heavy (non-hydrogen) atoms. The van der Waals surface area contributed by atoms with Gasteiger partial charge in [0.2, 0.25) is 0 Å². The molecule has 0 fully saturated rings. The molecule has 258 valence electrons. The fourth-order valence-corrected chi connectivity index (χ4v) is 5.57. The summed E-state index contributed by atoms with van der Waals surface area (Å²) in [5.41, 5.74) is 0. The van der Waals surface area contributed by atoms with E-state index in [-0.39, 0.29) is 12.4 Å². The molecular weight excluding hydrogens is 548 g/mol. The summed E-state index contributed by atoms with van der Waals surface area (Å²) in [6, 6.07) is 0. The standard InChI is InChI=1S/C39H72O5/c1-3-5-7-9-11-13-15-17-19-21-23-25-27-29-31-33-38(42)37(39(43)44-35-36(41)34-40)32-30-28-26-24-22-20-18-16-14-12-10-8-6-4-2/h12,14,18,20,36-37,40-41H,3-11,13,15-17,19,21-35H2,1-2H3/b14-12-,20-18-. The SMILES string of the molecule is CCCCC/C=C\C/C=C\CCCCCCC(C(=O)CCCCCCCCCCCCCCCCC)C(=O)OCC(O)CO. The van der Waals surface area contributed by atoms with Gasteiger partial charge in [0, 0.05) is 6.42 Å². The highest BCUT2D eigenvalue weighted by Crippen LogP contribution is 2.19. The van der Waals surface area contributed by atoms with Gasteiger partial charge in [-0.25, -0.2) is 0 Å². The smallest absolute Gasteiger partial charge is 0.316 e. The first-order valence-corrected chi connectivity index (χ1v) is 18.8. The molecule has 0 spiro atoms. The molecule has 0 aliphatic heterocycles. The lowest BCUT2D eigenvalue weighted by Gasteiger charge is -2.16. The summed E-state index contributed by atoms with van der Waals surface area (Å²) in [7, 11) is 0. The normalized spacial score (nSPS) is 13.2. The molecule has 5 nitrogen and oxygen atoms in total. The van der Waals surface area contributed by atoms with Crippen molar-refractivity contribution in [3.05, 3.63) is 24.3 Å². The zero-order valence-electron chi connectivity index (χ0n) is 29.1. The maximum Gasteiger partial charge on any atom is 0.316 e. The molecule has 0 saturated heterocycles. The summed E-state index contributed by atoms with van der Waals surface area (Å²) in [6.07, 6.45) is 39.1. The lowest BCUT2D eigenvalue weighted by molar-refractivity contribution is -0.155. The van der Waals surface area contributed by atoms with Gasteiger partial charge >= 0.3 is 5.97 Å². The molecule has 0 saturated carbocycles. The maximum absolute atomic E-state index is 13.0. The molecule has 0 amide bonds. The lowest BCUT2D eigenvalue weighted by Crippen LogP contribution is -2.30. The van der Waals surface area contributed by atoms with Gasteiger partial charge < -0.3 is 14.9 Å². The number of carbonyl (C=O) groups is 2. The quantitative estimate of drug-likeness (QED) is 0.0324. The van der Waals surface area contributed by atoms with Crippen LogP contribution < -0.4 is 0 Å². The summed E-state index contributed by atoms with van der Waals surface area (Å²) in [4.78, 5) is 25.7. The van der Waals surface area contributed by atoms with Crippen LogP contribution in [0, 0.1) is 5.92 Å². The van der Waals surface area contributed by atoms with Gasteiger partial charge in [0.15, 0.2) is 0 Å². The molecule has 0 rings (SSSR count). The van der Waals surface area contributed by atoms with Gasteiger partial charge in [0.25, 0.3) is 0 Å². The van der Waals surface area contributed by atoms with Crippen LogP contribution in [0.3, 0.4) is 0 Å². The van der Waals surface area contributed by atoms with Crippen molar-refractivity contribution < 1.29 is 24.5 Å². The highest BCUT2D eigenvalue weighted by atomic mass is 16.5. The zero-order chi connectivity index (χ0) is 32.4. The first kappa shape index (κ1) is 42.5. The molecule has 5 heteroatoms. The molecule has 0 aliphatic carbocycles. The number of aliphatic hydroxyl groups excluding tert-OH is 2. The highest BCUT2D eigenvalue weighted by Gasteiger charge is 2.27. The summed E-state index contributed by atoms with van der Waals surface area (Å²) in [6.45, 7) is 3.77. The van der Waals surface area contributed by atoms with Crippen LogP contribution >= 0.6 is 0 Å². The Morgan fingerprint density at radius 1 is 0.591 bits per heavy atom. The van der Waals surface area contributed by atoms with Crippen LogP contribution in [0.15, 0.2) is 24.3 Å². The first-order chi connectivity index (χ1) is 21.6. The van der Waals surface area contributed by atoms with Gasteiger partial charge in [-0.3, -0.25) is 9.59 Å². The van der Waals surface area contributed by atoms with E-state index >= 15 is 0 Å². The van der Waals surface area contributed by atoms with Crippen LogP contribution in [0.1, 0.15) is 187 Å². The molecule has 0 radical (unpaired) electrons. The fraction of sp³-hybridized carbons (Fsp3) is 0.846. The number of esters is 1. The van der Waals surface area contributed by atoms with E-state index in [1.165, 1.54) is 103 Å². The molecule has 0 aliphatic rings. The molecule has 0 aromatic carbocycles. The van der Waals surface area contributed by atoms with Crippen molar-refractivity contribution in [2.75, 3.05) is 13.2 Å². The van der Waals surface area contributed by atoms with Crippen molar-refractivity contribution in [1.82, 2.24) is 0 Å². The second-order valence-corrected chi connectivity index (χ2v) is 12.9. The molecule has 2 N–H and O–H groups in total. The minimum atomic E-state index is -1.10. The average molecular weight is 621 g/mol. The Bertz CT molecular complexity index is 686. The second kappa shape index (κ2) is 34.4. The van der Waals surface area contributed by atoms with E-state index in [0.29, 0.717) is 12.8 Å². The van der Waals surface area contributed by atoms with Crippen LogP contribution in [-0.2, 0) is 14.3 Å². The zero-order valence-corrected chi connectivity index (χ0v) is 29.1. The van der Waals surface area contributed by atoms with Crippen LogP contribution in [-0.4, -0.2) is 41.3 Å². The maximum atomic E-state index is 13.0. The fourth-order valence-electron chi connectivity index (χ4n) is 5.57. The Kier molecular flexibility index (Phi) is 33.3. The third-order valence-electron chi connectivity index (χ3n) is 8.52. The lowest BCUT2D eigenvalue weighted by atomic mass is 9.93. The van der Waals surface area contributed by atoms with E-state index in [9.17, 15) is 14.7 Å². The van der Waals surface area contributed by atoms with Crippen molar-refractivity contribution in [3.8, 4) is 0 Å². The van der Waals surface area contributed by atoms with Gasteiger partial charge in [-0.15, -0.1) is 0 Å². The predicted molar refractivity (Wildman–Crippen MR) is 187 cm³/mol. The molecule has 0 bridgehead atoms. The Labute approximate surface area is 272 Å². The Balaban J connectivity index is 4.10. The average Bonchev–Trinajstić information content (AvgIpc) is 3.03. The number of hydrogen-bond donors (Lipinski definition) is 2. The number of Topliss-reactive ketones (excluding diaryl/α,β-unsaturated/α-hetero) is 1. The summed E-state index contributed by atoms with van der Waals surface area (Å²) in [5, 5.41) is 18.6. The van der Waals surface area contributed by atoms with Gasteiger partial charge in [-0.1, -0.05) is 160 Å². The number of carbonyl (C=O) groups excluding carboxylic acids is 2. The van der Waals surface area contributed by atoms with E-state index in [0.717, 1.165) is 57.8 Å². The number of rotatable bonds is 34. The monoisotopic (exact) mass is 621 g/mol. The summed E-state index contributed by atoms with van der Waals surface area (Å²) >= 11 is 0. The predicted octanol–water partition coefficient (Wildman–Crippen LogP) is 10.8. The topological polar surface area (TPSA) is 83.8 Å². The Hall–Kier alpha value is -1.46. The van der Waals surface area contributed by atoms with Gasteiger partial charge in [-0.2, -0.15) is 0 Å². The van der Waals surface area contributed by atoms with Crippen molar-refractivity contribution in [3.63, 3.8) is 0 Å². The summed E-state index contributed by atoms with van der Waals surface area (Å²) in [5.74, 6) is -1.33. The largest absolute Gasteiger partial charge is 0.462 e. The van der Waals surface area contributed by atoms with Crippen LogP contribution in [0.5, 0.6) is 0 Å². The van der Waals surface area contributed by atoms with Crippen LogP contribution in [0.4, 0.5) is 0 Å². The van der Waals surface area contributed by atoms with Crippen molar-refractivity contribution in [1.29, 1.82) is 0 Å². The van der Waals surface area contributed by atoms with Gasteiger partial charge in [0.1, 0.15) is 24.4 Å². The molecular formula is C39H72O5. The van der Waals surface area contributed by atoms with Crippen molar-refractivity contribution >= 4 is 11.8 Å². The number of ketones is 1. The minimum absolute atomic E-state index is 0.0335. The van der Waals surface area contributed by atoms with E-state index in [4.69, 9.17) is 9.84 Å². The Morgan fingerprint density at radius 2 is 1.02 bits per heavy atom. The molecule has 0 heterocycles. The number of ether oxygens (including phenoxy) is 1. The first-order valence-electron chi connectivity index (χ1n) is 18.8. The highest BCUT2D eigenvalue weighted by molar-refractivity contribution is 5.98. The van der Waals surface area contributed by atoms with Crippen LogP contribution in [0.2, 0.25) is 0 Å². The molecule has 0 aromatic heterocycles. The van der Waals surface area contributed by atoms with Gasteiger partial charge in [-0.05, 0) is 44.9 Å². The van der Waals surface area contributed by atoms with Crippen molar-refractivity contribution in [2.24, 2.45) is 5.92 Å². The third-order valence-corrected chi connectivity index (χ3v) is 8.52. The molecule has 2 atom stereocenters. The molecule has 0 aromatic rings. The molecule has 2 unspecified atom stereocenters. The number of hydrogen-bond acceptors (Lipinski definition) is 5. The van der Waals surface area contributed by atoms with E-state index in [1.807, 2.05) is 0 Å². The Morgan fingerprint density at radius 3 is 1.55 bits per heavy atom. The van der Waals surface area contributed by atoms with Crippen molar-refractivity contribution in [2.45, 2.75) is 193 Å². The number of allylic oxidation sites excluding steroid dienone is 4. The number of aliphatic hydroxyl groups is 2. The van der Waals surface area contributed by atoms with E-state index in [1.54, 1.807) is 0 Å². The second-order valence-electron chi connectivity index (χ2n) is 12.9. The number of unbranched alkanes of at least 4 members (excludes halogenated alkanes) is 21. The minimum Gasteiger partial charge on any atom is -0.462 e. The summed E-state index contributed by atoms with van der Waals surface area (Å²) < 4.78 is 5.19. The van der Waals surface area contributed by atoms with E-state index < -0.39 is 24.6 Å². The van der Waals surface area contributed by atoms with E-state index in [2.05, 4.69) is 38.2 Å². The van der Waals surface area contributed by atoms with Gasteiger partial charge in [0.05, 0.1) is 6.61 Å².